The molecular formula is C23H26N6O4S. The minimum absolute atomic E-state index is 0.0275. The van der Waals surface area contributed by atoms with E-state index in [-0.39, 0.29) is 18.4 Å². The van der Waals surface area contributed by atoms with E-state index in [2.05, 4.69) is 25.8 Å². The number of aryl methyl sites for hydroxylation is 2. The first-order valence-electron chi connectivity index (χ1n) is 11.0. The fraction of sp³-hybridized carbons (Fsp3) is 0.348. The van der Waals surface area contributed by atoms with E-state index < -0.39 is 11.8 Å². The summed E-state index contributed by atoms with van der Waals surface area (Å²) in [6.45, 7) is 6.01. The van der Waals surface area contributed by atoms with E-state index in [1.807, 2.05) is 35.2 Å². The Hall–Kier alpha value is -3.57. The summed E-state index contributed by atoms with van der Waals surface area (Å²) in [5.74, 6) is -0.327. The molecule has 0 radical (unpaired) electrons. The Balaban J connectivity index is 1.32. The van der Waals surface area contributed by atoms with Gasteiger partial charge in [-0.1, -0.05) is 30.3 Å². The SMILES string of the molecule is Cc1nc(-c2ccccc2)sc1C(=O)NNC(=O)CCc1c(C)nc(N2CCOCC2)[nH]c1=O. The summed E-state index contributed by atoms with van der Waals surface area (Å²) in [4.78, 5) is 51.6. The molecule has 0 atom stereocenters. The maximum absolute atomic E-state index is 12.6. The van der Waals surface area contributed by atoms with Crippen molar-refractivity contribution in [3.05, 3.63) is 62.5 Å². The maximum Gasteiger partial charge on any atom is 0.281 e. The van der Waals surface area contributed by atoms with Crippen LogP contribution in [0.3, 0.4) is 0 Å². The van der Waals surface area contributed by atoms with Gasteiger partial charge in [0.15, 0.2) is 0 Å². The van der Waals surface area contributed by atoms with E-state index in [0.29, 0.717) is 54.1 Å². The number of nitrogens with zero attached hydrogens (tertiary/aromatic N) is 3. The van der Waals surface area contributed by atoms with Gasteiger partial charge in [0.2, 0.25) is 11.9 Å². The average molecular weight is 483 g/mol. The zero-order chi connectivity index (χ0) is 24.1. The first-order chi connectivity index (χ1) is 16.4. The minimum atomic E-state index is -0.434. The highest BCUT2D eigenvalue weighted by atomic mass is 32.1. The van der Waals surface area contributed by atoms with E-state index in [4.69, 9.17) is 4.74 Å². The molecular weight excluding hydrogens is 456 g/mol. The molecule has 0 unspecified atom stereocenters. The van der Waals surface area contributed by atoms with E-state index in [0.717, 1.165) is 10.6 Å². The number of rotatable bonds is 6. The second-order valence-electron chi connectivity index (χ2n) is 7.85. The van der Waals surface area contributed by atoms with Crippen molar-refractivity contribution < 1.29 is 14.3 Å². The van der Waals surface area contributed by atoms with Crippen LogP contribution in [0.15, 0.2) is 35.1 Å². The zero-order valence-electron chi connectivity index (χ0n) is 19.0. The van der Waals surface area contributed by atoms with Crippen LogP contribution >= 0.6 is 11.3 Å². The van der Waals surface area contributed by atoms with Crippen molar-refractivity contribution in [2.75, 3.05) is 31.2 Å². The van der Waals surface area contributed by atoms with E-state index in [9.17, 15) is 14.4 Å². The lowest BCUT2D eigenvalue weighted by Crippen LogP contribution is -2.42. The second kappa shape index (κ2) is 10.6. The van der Waals surface area contributed by atoms with E-state index in [1.165, 1.54) is 11.3 Å². The molecule has 0 spiro atoms. The van der Waals surface area contributed by atoms with Crippen LogP contribution in [0.4, 0.5) is 5.95 Å². The average Bonchev–Trinajstić information content (AvgIpc) is 3.24. The predicted molar refractivity (Wildman–Crippen MR) is 129 cm³/mol. The zero-order valence-corrected chi connectivity index (χ0v) is 19.8. The molecule has 0 bridgehead atoms. The molecule has 3 N–H and O–H groups in total. The van der Waals surface area contributed by atoms with Crippen LogP contribution in [0.1, 0.15) is 33.0 Å². The Morgan fingerprint density at radius 2 is 1.82 bits per heavy atom. The monoisotopic (exact) mass is 482 g/mol. The number of carbonyl (C=O) groups is 2. The van der Waals surface area contributed by atoms with Crippen LogP contribution in [-0.2, 0) is 16.0 Å². The first kappa shape index (κ1) is 23.6. The number of hydrogen-bond donors (Lipinski definition) is 3. The number of thiazole rings is 1. The van der Waals surface area contributed by atoms with E-state index in [1.54, 1.807) is 13.8 Å². The van der Waals surface area contributed by atoms with Gasteiger partial charge in [0.1, 0.15) is 9.88 Å². The summed E-state index contributed by atoms with van der Waals surface area (Å²) in [6.07, 6.45) is 0.233. The fourth-order valence-electron chi connectivity index (χ4n) is 3.61. The van der Waals surface area contributed by atoms with Crippen LogP contribution in [0.5, 0.6) is 0 Å². The lowest BCUT2D eigenvalue weighted by atomic mass is 10.1. The normalized spacial score (nSPS) is 13.5. The van der Waals surface area contributed by atoms with E-state index >= 15 is 0 Å². The summed E-state index contributed by atoms with van der Waals surface area (Å²) >= 11 is 1.26. The van der Waals surface area contributed by atoms with Crippen molar-refractivity contribution in [2.24, 2.45) is 0 Å². The predicted octanol–water partition coefficient (Wildman–Crippen LogP) is 1.74. The molecule has 0 saturated carbocycles. The third-order valence-electron chi connectivity index (χ3n) is 5.46. The van der Waals surface area contributed by atoms with Crippen LogP contribution in [0.2, 0.25) is 0 Å². The lowest BCUT2D eigenvalue weighted by Gasteiger charge is -2.27. The molecule has 1 aromatic carbocycles. The Morgan fingerprint density at radius 3 is 2.53 bits per heavy atom. The number of carbonyl (C=O) groups excluding carboxylic acids is 2. The van der Waals surface area contributed by atoms with Gasteiger partial charge in [-0.25, -0.2) is 9.97 Å². The van der Waals surface area contributed by atoms with Gasteiger partial charge in [0.25, 0.3) is 11.5 Å². The van der Waals surface area contributed by atoms with Gasteiger partial charge in [-0.3, -0.25) is 30.2 Å². The number of ether oxygens (including phenoxy) is 1. The van der Waals surface area contributed by atoms with Gasteiger partial charge in [-0.15, -0.1) is 11.3 Å². The molecule has 0 aliphatic carbocycles. The third kappa shape index (κ3) is 5.49. The molecule has 11 heteroatoms. The smallest absolute Gasteiger partial charge is 0.281 e. The van der Waals surface area contributed by atoms with Crippen LogP contribution in [0, 0.1) is 13.8 Å². The second-order valence-corrected chi connectivity index (χ2v) is 8.85. The number of H-pyrrole nitrogens is 1. The summed E-state index contributed by atoms with van der Waals surface area (Å²) in [5, 5.41) is 0.734. The maximum atomic E-state index is 12.6. The number of benzene rings is 1. The number of anilines is 1. The third-order valence-corrected chi connectivity index (χ3v) is 6.67. The number of aromatic nitrogens is 3. The van der Waals surface area contributed by atoms with Crippen molar-refractivity contribution in [2.45, 2.75) is 26.7 Å². The summed E-state index contributed by atoms with van der Waals surface area (Å²) in [5.41, 5.74) is 7.12. The number of amides is 2. The molecule has 4 rings (SSSR count). The molecule has 2 amide bonds. The lowest BCUT2D eigenvalue weighted by molar-refractivity contribution is -0.121. The van der Waals surface area contributed by atoms with Gasteiger partial charge in [-0.05, 0) is 20.3 Å². The Labute approximate surface area is 200 Å². The highest BCUT2D eigenvalue weighted by Gasteiger charge is 2.19. The van der Waals surface area contributed by atoms with Gasteiger partial charge in [0, 0.05) is 36.3 Å². The minimum Gasteiger partial charge on any atom is -0.378 e. The topological polar surface area (TPSA) is 129 Å². The molecule has 3 aromatic rings. The number of hydrazine groups is 1. The number of nitrogens with one attached hydrogen (secondary N) is 3. The van der Waals surface area contributed by atoms with Gasteiger partial charge < -0.3 is 9.64 Å². The quantitative estimate of drug-likeness (QED) is 0.457. The molecule has 34 heavy (non-hydrogen) atoms. The molecule has 2 aromatic heterocycles. The van der Waals surface area contributed by atoms with Crippen molar-refractivity contribution in [3.63, 3.8) is 0 Å². The standard InChI is InChI=1S/C23H26N6O4S/c1-14-17(20(31)26-23(25-14)29-10-12-33-13-11-29)8-9-18(30)27-28-21(32)19-15(2)24-22(34-19)16-6-4-3-5-7-16/h3-7H,8-13H2,1-2H3,(H,27,30)(H,28,32)(H,25,26,31). The summed E-state index contributed by atoms with van der Waals surface area (Å²) in [7, 11) is 0. The van der Waals surface area contributed by atoms with Crippen LogP contribution in [0.25, 0.3) is 10.6 Å². The van der Waals surface area contributed by atoms with Crippen molar-refractivity contribution >= 4 is 29.1 Å². The highest BCUT2D eigenvalue weighted by Crippen LogP contribution is 2.27. The summed E-state index contributed by atoms with van der Waals surface area (Å²) in [6, 6.07) is 9.58. The van der Waals surface area contributed by atoms with Crippen LogP contribution < -0.4 is 21.3 Å². The molecule has 1 aliphatic heterocycles. The number of morpholine rings is 1. The van der Waals surface area contributed by atoms with Gasteiger partial charge in [-0.2, -0.15) is 0 Å². The largest absolute Gasteiger partial charge is 0.378 e. The van der Waals surface area contributed by atoms with Gasteiger partial charge in [0.05, 0.1) is 18.9 Å². The molecule has 178 valence electrons. The molecule has 1 saturated heterocycles. The number of hydrogen-bond acceptors (Lipinski definition) is 8. The molecule has 3 heterocycles. The van der Waals surface area contributed by atoms with Crippen molar-refractivity contribution in [1.29, 1.82) is 0 Å². The van der Waals surface area contributed by atoms with Crippen LogP contribution in [-0.4, -0.2) is 53.1 Å². The Bertz CT molecular complexity index is 1230. The Kier molecular flexibility index (Phi) is 7.33. The Morgan fingerprint density at radius 1 is 1.09 bits per heavy atom. The highest BCUT2D eigenvalue weighted by molar-refractivity contribution is 7.17. The van der Waals surface area contributed by atoms with Crippen molar-refractivity contribution in [1.82, 2.24) is 25.8 Å². The molecule has 1 aliphatic rings. The first-order valence-corrected chi connectivity index (χ1v) is 11.8. The van der Waals surface area contributed by atoms with Crippen molar-refractivity contribution in [3.8, 4) is 10.6 Å². The number of aromatic amines is 1. The summed E-state index contributed by atoms with van der Waals surface area (Å²) < 4.78 is 5.33. The molecule has 10 nitrogen and oxygen atoms in total. The fourth-order valence-corrected chi connectivity index (χ4v) is 4.58. The molecule has 1 fully saturated rings. The van der Waals surface area contributed by atoms with Gasteiger partial charge >= 0.3 is 0 Å².